The number of nitrogens with one attached hydrogen (secondary N) is 2. The maximum absolute atomic E-state index is 12.1. The van der Waals surface area contributed by atoms with E-state index in [9.17, 15) is 4.79 Å². The first-order chi connectivity index (χ1) is 11.1. The van der Waals surface area contributed by atoms with Gasteiger partial charge in [-0.25, -0.2) is 0 Å². The van der Waals surface area contributed by atoms with Crippen LogP contribution in [0.25, 0.3) is 11.3 Å². The van der Waals surface area contributed by atoms with Crippen LogP contribution in [-0.2, 0) is 11.2 Å². The van der Waals surface area contributed by atoms with Crippen LogP contribution in [0.2, 0.25) is 0 Å². The summed E-state index contributed by atoms with van der Waals surface area (Å²) < 4.78 is 5.44. The number of hydrogen-bond donors (Lipinski definition) is 2. The maximum Gasteiger partial charge on any atom is 0.269 e. The van der Waals surface area contributed by atoms with E-state index in [1.54, 1.807) is 6.07 Å². The standard InChI is InChI=1S/C18H25N3O2/c1-4-14-6-8-15(9-7-14)16-12-17(21-20-16)18(22)19-10-5-11-23-13(2)3/h6-9,12-13H,4-5,10-11H2,1-3H3,(H,19,22)(H,20,21). The van der Waals surface area contributed by atoms with Crippen LogP contribution in [0.3, 0.4) is 0 Å². The van der Waals surface area contributed by atoms with Gasteiger partial charge in [-0.05, 0) is 38.3 Å². The Balaban J connectivity index is 1.86. The van der Waals surface area contributed by atoms with Gasteiger partial charge >= 0.3 is 0 Å². The molecule has 0 atom stereocenters. The van der Waals surface area contributed by atoms with E-state index in [2.05, 4.69) is 34.6 Å². The van der Waals surface area contributed by atoms with Crippen molar-refractivity contribution in [3.8, 4) is 11.3 Å². The van der Waals surface area contributed by atoms with Gasteiger partial charge in [0.05, 0.1) is 11.8 Å². The van der Waals surface area contributed by atoms with Gasteiger partial charge in [-0.3, -0.25) is 9.89 Å². The average Bonchev–Trinajstić information content (AvgIpc) is 3.04. The number of aromatic nitrogens is 2. The molecule has 1 amide bonds. The number of hydrogen-bond acceptors (Lipinski definition) is 3. The molecule has 2 aromatic rings. The average molecular weight is 315 g/mol. The first-order valence-electron chi connectivity index (χ1n) is 8.14. The molecule has 1 heterocycles. The second-order valence-corrected chi connectivity index (χ2v) is 5.75. The lowest BCUT2D eigenvalue weighted by Gasteiger charge is -2.07. The first-order valence-corrected chi connectivity index (χ1v) is 8.14. The predicted octanol–water partition coefficient (Wildman–Crippen LogP) is 3.18. The number of aryl methyl sites for hydroxylation is 1. The molecule has 0 aliphatic rings. The fourth-order valence-electron chi connectivity index (χ4n) is 2.19. The molecule has 2 rings (SSSR count). The maximum atomic E-state index is 12.1. The molecule has 0 spiro atoms. The van der Waals surface area contributed by atoms with Crippen LogP contribution < -0.4 is 5.32 Å². The lowest BCUT2D eigenvalue weighted by atomic mass is 10.1. The normalized spacial score (nSPS) is 11.0. The quantitative estimate of drug-likeness (QED) is 0.735. The van der Waals surface area contributed by atoms with Crippen LogP contribution in [0.15, 0.2) is 30.3 Å². The molecule has 0 aliphatic heterocycles. The molecule has 0 saturated heterocycles. The van der Waals surface area contributed by atoms with Crippen molar-refractivity contribution >= 4 is 5.91 Å². The van der Waals surface area contributed by atoms with E-state index in [0.29, 0.717) is 18.8 Å². The minimum Gasteiger partial charge on any atom is -0.379 e. The molecular formula is C18H25N3O2. The SMILES string of the molecule is CCc1ccc(-c2cc(C(=O)NCCCOC(C)C)[nH]n2)cc1. The summed E-state index contributed by atoms with van der Waals surface area (Å²) in [5.74, 6) is -0.140. The molecule has 2 N–H and O–H groups in total. The second kappa shape index (κ2) is 8.48. The summed E-state index contributed by atoms with van der Waals surface area (Å²) in [5, 5.41) is 9.88. The fourth-order valence-corrected chi connectivity index (χ4v) is 2.19. The lowest BCUT2D eigenvalue weighted by Crippen LogP contribution is -2.25. The summed E-state index contributed by atoms with van der Waals surface area (Å²) in [5.41, 5.74) is 3.54. The molecule has 0 radical (unpaired) electrons. The van der Waals surface area contributed by atoms with Gasteiger partial charge in [-0.15, -0.1) is 0 Å². The van der Waals surface area contributed by atoms with Crippen molar-refractivity contribution in [1.29, 1.82) is 0 Å². The van der Waals surface area contributed by atoms with E-state index in [4.69, 9.17) is 4.74 Å². The van der Waals surface area contributed by atoms with Crippen molar-refractivity contribution in [2.45, 2.75) is 39.7 Å². The van der Waals surface area contributed by atoms with Crippen molar-refractivity contribution < 1.29 is 9.53 Å². The molecule has 124 valence electrons. The van der Waals surface area contributed by atoms with E-state index in [1.165, 1.54) is 5.56 Å². The number of carbonyl (C=O) groups is 1. The van der Waals surface area contributed by atoms with Gasteiger partial charge in [0.1, 0.15) is 5.69 Å². The molecule has 23 heavy (non-hydrogen) atoms. The Labute approximate surface area is 137 Å². The highest BCUT2D eigenvalue weighted by atomic mass is 16.5. The van der Waals surface area contributed by atoms with Crippen LogP contribution in [0, 0.1) is 0 Å². The molecule has 0 unspecified atom stereocenters. The van der Waals surface area contributed by atoms with E-state index >= 15 is 0 Å². The Morgan fingerprint density at radius 2 is 2.04 bits per heavy atom. The Hall–Kier alpha value is -2.14. The summed E-state index contributed by atoms with van der Waals surface area (Å²) in [6, 6.07) is 10.00. The molecule has 0 bridgehead atoms. The van der Waals surface area contributed by atoms with Crippen LogP contribution in [0.5, 0.6) is 0 Å². The fraction of sp³-hybridized carbons (Fsp3) is 0.444. The van der Waals surface area contributed by atoms with Crippen molar-refractivity contribution in [3.05, 3.63) is 41.6 Å². The molecule has 0 fully saturated rings. The highest BCUT2D eigenvalue weighted by Crippen LogP contribution is 2.18. The molecule has 1 aromatic carbocycles. The molecule has 5 heteroatoms. The largest absolute Gasteiger partial charge is 0.379 e. The van der Waals surface area contributed by atoms with E-state index < -0.39 is 0 Å². The third kappa shape index (κ3) is 5.21. The minimum absolute atomic E-state index is 0.140. The number of rotatable bonds is 8. The van der Waals surface area contributed by atoms with Crippen molar-refractivity contribution in [2.24, 2.45) is 0 Å². The highest BCUT2D eigenvalue weighted by Gasteiger charge is 2.10. The van der Waals surface area contributed by atoms with Gasteiger partial charge in [0.15, 0.2) is 0 Å². The Bertz CT molecular complexity index is 617. The van der Waals surface area contributed by atoms with Gasteiger partial charge in [0.2, 0.25) is 0 Å². The second-order valence-electron chi connectivity index (χ2n) is 5.75. The molecule has 0 aliphatic carbocycles. The van der Waals surface area contributed by atoms with Gasteiger partial charge in [0, 0.05) is 18.7 Å². The third-order valence-electron chi connectivity index (χ3n) is 3.54. The van der Waals surface area contributed by atoms with E-state index in [0.717, 1.165) is 24.1 Å². The molecule has 0 saturated carbocycles. The Morgan fingerprint density at radius 3 is 2.70 bits per heavy atom. The monoisotopic (exact) mass is 315 g/mol. The first kappa shape index (κ1) is 17.2. The Kier molecular flexibility index (Phi) is 6.35. The Morgan fingerprint density at radius 1 is 1.30 bits per heavy atom. The van der Waals surface area contributed by atoms with Gasteiger partial charge in [0.25, 0.3) is 5.91 Å². The number of ether oxygens (including phenoxy) is 1. The number of H-pyrrole nitrogens is 1. The molecular weight excluding hydrogens is 290 g/mol. The van der Waals surface area contributed by atoms with E-state index in [-0.39, 0.29) is 12.0 Å². The highest BCUT2D eigenvalue weighted by molar-refractivity contribution is 5.93. The summed E-state index contributed by atoms with van der Waals surface area (Å²) >= 11 is 0. The number of benzene rings is 1. The summed E-state index contributed by atoms with van der Waals surface area (Å²) in [6.07, 6.45) is 2.03. The predicted molar refractivity (Wildman–Crippen MR) is 91.4 cm³/mol. The number of aromatic amines is 1. The van der Waals surface area contributed by atoms with Crippen LogP contribution in [-0.4, -0.2) is 35.4 Å². The van der Waals surface area contributed by atoms with Gasteiger partial charge in [-0.2, -0.15) is 5.10 Å². The summed E-state index contributed by atoms with van der Waals surface area (Å²) in [6.45, 7) is 7.36. The van der Waals surface area contributed by atoms with Crippen LogP contribution in [0.4, 0.5) is 0 Å². The summed E-state index contributed by atoms with van der Waals surface area (Å²) in [4.78, 5) is 12.1. The third-order valence-corrected chi connectivity index (χ3v) is 3.54. The lowest BCUT2D eigenvalue weighted by molar-refractivity contribution is 0.0756. The van der Waals surface area contributed by atoms with Gasteiger partial charge < -0.3 is 10.1 Å². The number of carbonyl (C=O) groups excluding carboxylic acids is 1. The number of nitrogens with zero attached hydrogens (tertiary/aromatic N) is 1. The summed E-state index contributed by atoms with van der Waals surface area (Å²) in [7, 11) is 0. The molecule has 5 nitrogen and oxygen atoms in total. The zero-order valence-corrected chi connectivity index (χ0v) is 14.1. The smallest absolute Gasteiger partial charge is 0.269 e. The number of amides is 1. The zero-order chi connectivity index (χ0) is 16.7. The minimum atomic E-state index is -0.140. The topological polar surface area (TPSA) is 67.0 Å². The van der Waals surface area contributed by atoms with Crippen molar-refractivity contribution in [3.63, 3.8) is 0 Å². The van der Waals surface area contributed by atoms with Crippen LogP contribution in [0.1, 0.15) is 43.2 Å². The van der Waals surface area contributed by atoms with Gasteiger partial charge in [-0.1, -0.05) is 31.2 Å². The molecule has 1 aromatic heterocycles. The zero-order valence-electron chi connectivity index (χ0n) is 14.1. The van der Waals surface area contributed by atoms with Crippen molar-refractivity contribution in [1.82, 2.24) is 15.5 Å². The van der Waals surface area contributed by atoms with Crippen molar-refractivity contribution in [2.75, 3.05) is 13.2 Å². The van der Waals surface area contributed by atoms with E-state index in [1.807, 2.05) is 26.0 Å². The van der Waals surface area contributed by atoms with Crippen LogP contribution >= 0.6 is 0 Å².